The van der Waals surface area contributed by atoms with Gasteiger partial charge in [-0.2, -0.15) is 0 Å². The molecule has 0 aliphatic rings. The number of nitrogens with zero attached hydrogens (tertiary/aromatic N) is 4. The first-order chi connectivity index (χ1) is 12.0. The molecule has 0 N–H and O–H groups in total. The molecule has 7 heteroatoms. The van der Waals surface area contributed by atoms with Crippen LogP contribution in [-0.4, -0.2) is 26.2 Å². The van der Waals surface area contributed by atoms with Crippen LogP contribution in [0.15, 0.2) is 59.8 Å². The Balaban J connectivity index is 1.97. The van der Waals surface area contributed by atoms with Crippen LogP contribution in [0.3, 0.4) is 0 Å². The minimum Gasteiger partial charge on any atom is -0.274 e. The number of rotatable bonds is 6. The number of hydrogen-bond donors (Lipinski definition) is 0. The lowest BCUT2D eigenvalue weighted by atomic mass is 10.1. The Labute approximate surface area is 150 Å². The summed E-state index contributed by atoms with van der Waals surface area (Å²) in [5.41, 5.74) is 2.99. The number of aromatic nitrogens is 3. The van der Waals surface area contributed by atoms with E-state index in [0.29, 0.717) is 5.16 Å². The van der Waals surface area contributed by atoms with Gasteiger partial charge in [0.1, 0.15) is 11.1 Å². The second kappa shape index (κ2) is 7.48. The Morgan fingerprint density at radius 1 is 1.12 bits per heavy atom. The molecule has 1 heterocycles. The fourth-order valence-electron chi connectivity index (χ4n) is 2.62. The molecular formula is C18H18N4O2S. The average Bonchev–Trinajstić information content (AvgIpc) is 2.95. The Kier molecular flexibility index (Phi) is 5.14. The van der Waals surface area contributed by atoms with Crippen LogP contribution in [0.2, 0.25) is 0 Å². The molecule has 0 radical (unpaired) electrons. The van der Waals surface area contributed by atoms with E-state index in [1.807, 2.05) is 73.0 Å². The molecule has 0 unspecified atom stereocenters. The molecule has 0 bridgehead atoms. The summed E-state index contributed by atoms with van der Waals surface area (Å²) < 4.78 is 1.94. The molecule has 0 saturated carbocycles. The van der Waals surface area contributed by atoms with Crippen molar-refractivity contribution in [2.75, 3.05) is 6.54 Å². The van der Waals surface area contributed by atoms with Crippen LogP contribution in [0.25, 0.3) is 5.69 Å². The van der Waals surface area contributed by atoms with E-state index in [-0.39, 0.29) is 16.7 Å². The quantitative estimate of drug-likeness (QED) is 0.380. The van der Waals surface area contributed by atoms with Gasteiger partial charge in [-0.1, -0.05) is 54.2 Å². The van der Waals surface area contributed by atoms with Gasteiger partial charge in [0.2, 0.25) is 6.54 Å². The van der Waals surface area contributed by atoms with Crippen LogP contribution in [0.5, 0.6) is 0 Å². The van der Waals surface area contributed by atoms with Gasteiger partial charge in [-0.15, -0.1) is 10.2 Å². The molecule has 128 valence electrons. The van der Waals surface area contributed by atoms with Gasteiger partial charge in [-0.3, -0.25) is 14.7 Å². The van der Waals surface area contributed by atoms with Gasteiger partial charge in [0, 0.05) is 10.6 Å². The van der Waals surface area contributed by atoms with Gasteiger partial charge in [-0.25, -0.2) is 0 Å². The molecule has 0 amide bonds. The van der Waals surface area contributed by atoms with E-state index in [9.17, 15) is 10.1 Å². The highest BCUT2D eigenvalue weighted by molar-refractivity contribution is 7.99. The summed E-state index contributed by atoms with van der Waals surface area (Å²) in [6.07, 6.45) is 0. The number of benzene rings is 2. The van der Waals surface area contributed by atoms with E-state index in [0.717, 1.165) is 22.6 Å². The second-order valence-corrected chi connectivity index (χ2v) is 6.91. The Hall–Kier alpha value is -2.67. The number of aryl methyl sites for hydroxylation is 2. The van der Waals surface area contributed by atoms with Crippen molar-refractivity contribution in [3.8, 4) is 5.69 Å². The molecule has 1 aromatic heterocycles. The standard InChI is InChI=1S/C18H18N4O2S/c1-13-7-6-10-16(11-13)22-14(2)19-20-18(22)25-17(12-21(23)24)15-8-4-3-5-9-15/h3-11,17H,12H2,1-2H3/t17-/m0/s1. The highest BCUT2D eigenvalue weighted by atomic mass is 32.2. The van der Waals surface area contributed by atoms with Crippen molar-refractivity contribution in [1.29, 1.82) is 0 Å². The zero-order valence-electron chi connectivity index (χ0n) is 14.0. The van der Waals surface area contributed by atoms with Crippen molar-refractivity contribution in [1.82, 2.24) is 14.8 Å². The first-order valence-electron chi connectivity index (χ1n) is 7.87. The molecule has 3 aromatic rings. The van der Waals surface area contributed by atoms with E-state index >= 15 is 0 Å². The van der Waals surface area contributed by atoms with E-state index in [2.05, 4.69) is 10.2 Å². The topological polar surface area (TPSA) is 73.8 Å². The summed E-state index contributed by atoms with van der Waals surface area (Å²) in [5, 5.41) is 19.9. The molecule has 3 rings (SSSR count). The first-order valence-corrected chi connectivity index (χ1v) is 8.75. The van der Waals surface area contributed by atoms with Gasteiger partial charge in [0.25, 0.3) is 0 Å². The summed E-state index contributed by atoms with van der Waals surface area (Å²) in [6, 6.07) is 17.5. The van der Waals surface area contributed by atoms with E-state index in [1.165, 1.54) is 11.8 Å². The van der Waals surface area contributed by atoms with E-state index in [4.69, 9.17) is 0 Å². The summed E-state index contributed by atoms with van der Waals surface area (Å²) >= 11 is 1.37. The van der Waals surface area contributed by atoms with Crippen molar-refractivity contribution in [2.24, 2.45) is 0 Å². The Morgan fingerprint density at radius 2 is 1.88 bits per heavy atom. The monoisotopic (exact) mass is 354 g/mol. The number of hydrogen-bond acceptors (Lipinski definition) is 5. The fourth-order valence-corrected chi connectivity index (χ4v) is 3.80. The third-order valence-corrected chi connectivity index (χ3v) is 4.97. The smallest absolute Gasteiger partial charge is 0.220 e. The number of nitro groups is 1. The van der Waals surface area contributed by atoms with Crippen LogP contribution in [-0.2, 0) is 0 Å². The largest absolute Gasteiger partial charge is 0.274 e. The highest BCUT2D eigenvalue weighted by Gasteiger charge is 2.23. The van der Waals surface area contributed by atoms with Gasteiger partial charge in [-0.05, 0) is 37.1 Å². The van der Waals surface area contributed by atoms with Crippen molar-refractivity contribution < 1.29 is 4.92 Å². The predicted molar refractivity (Wildman–Crippen MR) is 97.7 cm³/mol. The van der Waals surface area contributed by atoms with Gasteiger partial charge >= 0.3 is 0 Å². The minimum atomic E-state index is -0.330. The average molecular weight is 354 g/mol. The van der Waals surface area contributed by atoms with Crippen LogP contribution in [0.4, 0.5) is 0 Å². The minimum absolute atomic E-state index is 0.172. The molecule has 0 aliphatic heterocycles. The molecule has 0 aliphatic carbocycles. The number of thioether (sulfide) groups is 1. The molecule has 0 fully saturated rings. The second-order valence-electron chi connectivity index (χ2n) is 5.74. The van der Waals surface area contributed by atoms with E-state index < -0.39 is 0 Å². The van der Waals surface area contributed by atoms with Crippen LogP contribution in [0, 0.1) is 24.0 Å². The van der Waals surface area contributed by atoms with Gasteiger partial charge in [0.05, 0.1) is 0 Å². The lowest BCUT2D eigenvalue weighted by Gasteiger charge is -2.14. The van der Waals surface area contributed by atoms with E-state index in [1.54, 1.807) is 0 Å². The van der Waals surface area contributed by atoms with Crippen LogP contribution < -0.4 is 0 Å². The van der Waals surface area contributed by atoms with Crippen molar-refractivity contribution >= 4 is 11.8 Å². The summed E-state index contributed by atoms with van der Waals surface area (Å²) in [4.78, 5) is 10.8. The lowest BCUT2D eigenvalue weighted by Crippen LogP contribution is -2.11. The van der Waals surface area contributed by atoms with Gasteiger partial charge in [0.15, 0.2) is 5.16 Å². The molecule has 0 saturated heterocycles. The summed E-state index contributed by atoms with van der Waals surface area (Å²) in [5.74, 6) is 0.751. The van der Waals surface area contributed by atoms with Crippen molar-refractivity contribution in [2.45, 2.75) is 24.3 Å². The van der Waals surface area contributed by atoms with Crippen LogP contribution >= 0.6 is 11.8 Å². The SMILES string of the molecule is Cc1cccc(-n2c(C)nnc2S[C@@H](C[N+](=O)[O-])c2ccccc2)c1. The van der Waals surface area contributed by atoms with Gasteiger partial charge < -0.3 is 0 Å². The zero-order chi connectivity index (χ0) is 17.8. The molecule has 1 atom stereocenters. The highest BCUT2D eigenvalue weighted by Crippen LogP contribution is 2.35. The maximum Gasteiger partial charge on any atom is 0.220 e. The summed E-state index contributed by atoms with van der Waals surface area (Å²) in [7, 11) is 0. The first kappa shape index (κ1) is 17.2. The van der Waals surface area contributed by atoms with Crippen molar-refractivity contribution in [3.05, 3.63) is 81.7 Å². The molecule has 25 heavy (non-hydrogen) atoms. The molecule has 6 nitrogen and oxygen atoms in total. The Bertz CT molecular complexity index is 880. The predicted octanol–water partition coefficient (Wildman–Crippen LogP) is 3.99. The fraction of sp³-hybridized carbons (Fsp3) is 0.222. The normalized spacial score (nSPS) is 12.1. The molecule has 0 spiro atoms. The maximum atomic E-state index is 11.1. The molecular weight excluding hydrogens is 336 g/mol. The lowest BCUT2D eigenvalue weighted by molar-refractivity contribution is -0.479. The van der Waals surface area contributed by atoms with Crippen molar-refractivity contribution in [3.63, 3.8) is 0 Å². The zero-order valence-corrected chi connectivity index (χ0v) is 14.8. The maximum absolute atomic E-state index is 11.1. The molecule has 2 aromatic carbocycles. The van der Waals surface area contributed by atoms with Crippen LogP contribution in [0.1, 0.15) is 22.2 Å². The third kappa shape index (κ3) is 4.06. The third-order valence-electron chi connectivity index (χ3n) is 3.79. The Morgan fingerprint density at radius 3 is 2.56 bits per heavy atom. The summed E-state index contributed by atoms with van der Waals surface area (Å²) in [6.45, 7) is 3.73.